The maximum atomic E-state index is 10.2. The number of hydrazine groups is 1. The summed E-state index contributed by atoms with van der Waals surface area (Å²) in [5.74, 6) is 0. The molecule has 0 aromatic rings. The van der Waals surface area contributed by atoms with E-state index in [2.05, 4.69) is 10.4 Å². The summed E-state index contributed by atoms with van der Waals surface area (Å²) in [5, 5.41) is 1.01. The van der Waals surface area contributed by atoms with Crippen molar-refractivity contribution in [1.82, 2.24) is 10.6 Å². The predicted molar refractivity (Wildman–Crippen MR) is 32.0 cm³/mol. The Morgan fingerprint density at radius 3 is 2.67 bits per heavy atom. The van der Waals surface area contributed by atoms with Crippen molar-refractivity contribution >= 4 is 18.4 Å². The topological polar surface area (TPSA) is 67.6 Å². The van der Waals surface area contributed by atoms with Crippen LogP contribution < -0.4 is 11.3 Å². The van der Waals surface area contributed by atoms with Crippen molar-refractivity contribution in [2.75, 3.05) is 0 Å². The van der Waals surface area contributed by atoms with E-state index in [-0.39, 0.29) is 12.4 Å². The molecule has 0 spiro atoms. The summed E-state index contributed by atoms with van der Waals surface area (Å²) in [7, 11) is 0. The average Bonchev–Trinajstić information content (AvgIpc) is 2.12. The second kappa shape index (κ2) is 3.16. The molecule has 0 fully saturated rings. The van der Waals surface area contributed by atoms with Gasteiger partial charge in [0.1, 0.15) is 6.26 Å². The van der Waals surface area contributed by atoms with E-state index in [1.54, 1.807) is 0 Å². The second-order valence-electron chi connectivity index (χ2n) is 1.20. The zero-order chi connectivity index (χ0) is 5.98. The van der Waals surface area contributed by atoms with Crippen LogP contribution in [0.3, 0.4) is 0 Å². The Balaban J connectivity index is 0.000000640. The molecule has 1 aliphatic rings. The van der Waals surface area contributed by atoms with Crippen molar-refractivity contribution in [2.45, 2.75) is 0 Å². The molecule has 0 aliphatic carbocycles. The summed E-state index contributed by atoms with van der Waals surface area (Å²) in [4.78, 5) is 14.6. The van der Waals surface area contributed by atoms with Crippen LogP contribution in [-0.2, 0) is 4.84 Å². The number of nitrogens with one attached hydrogen (secondary N) is 1. The quantitative estimate of drug-likeness (QED) is 0.500. The van der Waals surface area contributed by atoms with E-state index < -0.39 is 6.03 Å². The van der Waals surface area contributed by atoms with E-state index >= 15 is 0 Å². The van der Waals surface area contributed by atoms with Crippen LogP contribution >= 0.6 is 12.4 Å². The third-order valence-electron chi connectivity index (χ3n) is 0.666. The molecule has 6 heteroatoms. The number of halogens is 1. The minimum absolute atomic E-state index is 0. The van der Waals surface area contributed by atoms with Gasteiger partial charge in [0.25, 0.3) is 0 Å². The molecule has 1 heterocycles. The standard InChI is InChI=1S/C3H5N3O2.ClH/c4-3(7)6-1-2-8-5-6;/h1-2,5H,(H2,4,7);1H. The van der Waals surface area contributed by atoms with Crippen LogP contribution in [-0.4, -0.2) is 11.0 Å². The molecule has 0 aromatic carbocycles. The van der Waals surface area contributed by atoms with Gasteiger partial charge in [0, 0.05) is 0 Å². The smallest absolute Gasteiger partial charge is 0.335 e. The lowest BCUT2D eigenvalue weighted by atomic mass is 10.9. The third kappa shape index (κ3) is 1.79. The highest BCUT2D eigenvalue weighted by molar-refractivity contribution is 5.85. The minimum atomic E-state index is -0.598. The van der Waals surface area contributed by atoms with E-state index in [4.69, 9.17) is 5.73 Å². The van der Waals surface area contributed by atoms with Crippen LogP contribution in [0.2, 0.25) is 0 Å². The van der Waals surface area contributed by atoms with Gasteiger partial charge in [0.05, 0.1) is 6.20 Å². The molecular formula is C3H6ClN3O2. The van der Waals surface area contributed by atoms with Crippen LogP contribution in [0, 0.1) is 0 Å². The van der Waals surface area contributed by atoms with Crippen LogP contribution in [0.1, 0.15) is 0 Å². The lowest BCUT2D eigenvalue weighted by Crippen LogP contribution is -2.37. The predicted octanol–water partition coefficient (Wildman–Crippen LogP) is -0.290. The van der Waals surface area contributed by atoms with Crippen molar-refractivity contribution < 1.29 is 9.63 Å². The summed E-state index contributed by atoms with van der Waals surface area (Å²) in [6.45, 7) is 0. The molecule has 3 N–H and O–H groups in total. The Labute approximate surface area is 57.8 Å². The highest BCUT2D eigenvalue weighted by Gasteiger charge is 2.08. The van der Waals surface area contributed by atoms with Crippen molar-refractivity contribution in [3.05, 3.63) is 12.5 Å². The molecule has 0 unspecified atom stereocenters. The highest BCUT2D eigenvalue weighted by atomic mass is 35.5. The fourth-order valence-electron chi connectivity index (χ4n) is 0.327. The number of primary amides is 1. The number of rotatable bonds is 0. The number of amides is 2. The lowest BCUT2D eigenvalue weighted by Gasteiger charge is -2.05. The van der Waals surface area contributed by atoms with Crippen molar-refractivity contribution in [2.24, 2.45) is 5.73 Å². The summed E-state index contributed by atoms with van der Waals surface area (Å²) in [5.41, 5.74) is 6.99. The largest absolute Gasteiger partial charge is 0.395 e. The second-order valence-corrected chi connectivity index (χ2v) is 1.20. The molecular weight excluding hydrogens is 146 g/mol. The zero-order valence-electron chi connectivity index (χ0n) is 4.40. The fourth-order valence-corrected chi connectivity index (χ4v) is 0.327. The molecule has 5 nitrogen and oxygen atoms in total. The molecule has 0 saturated heterocycles. The summed E-state index contributed by atoms with van der Waals surface area (Å²) < 4.78 is 0. The van der Waals surface area contributed by atoms with Gasteiger partial charge in [0.2, 0.25) is 0 Å². The van der Waals surface area contributed by atoms with Crippen LogP contribution in [0.25, 0.3) is 0 Å². The van der Waals surface area contributed by atoms with Gasteiger partial charge in [-0.15, -0.1) is 12.4 Å². The van der Waals surface area contributed by atoms with Gasteiger partial charge >= 0.3 is 6.03 Å². The van der Waals surface area contributed by atoms with E-state index in [0.717, 1.165) is 5.01 Å². The Bertz CT molecular complexity index is 137. The average molecular weight is 152 g/mol. The molecule has 2 amide bonds. The molecule has 9 heavy (non-hydrogen) atoms. The lowest BCUT2D eigenvalue weighted by molar-refractivity contribution is 0.0590. The van der Waals surface area contributed by atoms with Gasteiger partial charge in [-0.05, 0) is 0 Å². The van der Waals surface area contributed by atoms with Gasteiger partial charge in [-0.2, -0.15) is 5.01 Å². The highest BCUT2D eigenvalue weighted by Crippen LogP contribution is 1.91. The number of carbonyl (C=O) groups excluding carboxylic acids is 1. The SMILES string of the molecule is Cl.NC(=O)N1C=CON1. The first-order valence-corrected chi connectivity index (χ1v) is 1.97. The first-order chi connectivity index (χ1) is 3.80. The fraction of sp³-hybridized carbons (Fsp3) is 0. The van der Waals surface area contributed by atoms with Gasteiger partial charge in [-0.25, -0.2) is 4.79 Å². The summed E-state index contributed by atoms with van der Waals surface area (Å²) >= 11 is 0. The monoisotopic (exact) mass is 151 g/mol. The minimum Gasteiger partial charge on any atom is -0.395 e. The molecule has 0 saturated carbocycles. The Kier molecular flexibility index (Phi) is 2.83. The number of nitrogens with zero attached hydrogens (tertiary/aromatic N) is 1. The van der Waals surface area contributed by atoms with Crippen molar-refractivity contribution in [3.8, 4) is 0 Å². The first-order valence-electron chi connectivity index (χ1n) is 1.97. The van der Waals surface area contributed by atoms with Gasteiger partial charge in [-0.3, -0.25) is 0 Å². The number of hydrogen-bond acceptors (Lipinski definition) is 3. The Hall–Kier alpha value is -0.940. The molecule has 0 bridgehead atoms. The van der Waals surface area contributed by atoms with Crippen LogP contribution in [0.4, 0.5) is 4.79 Å². The Morgan fingerprint density at radius 2 is 2.44 bits per heavy atom. The van der Waals surface area contributed by atoms with Gasteiger partial charge < -0.3 is 10.6 Å². The number of carbonyl (C=O) groups is 1. The summed E-state index contributed by atoms with van der Waals surface area (Å²) in [6.07, 6.45) is 2.69. The molecule has 0 aromatic heterocycles. The number of nitrogens with two attached hydrogens (primary N) is 1. The third-order valence-corrected chi connectivity index (χ3v) is 0.666. The molecule has 0 atom stereocenters. The maximum absolute atomic E-state index is 10.2. The van der Waals surface area contributed by atoms with E-state index in [1.807, 2.05) is 0 Å². The van der Waals surface area contributed by atoms with Crippen molar-refractivity contribution in [1.29, 1.82) is 0 Å². The van der Waals surface area contributed by atoms with E-state index in [1.165, 1.54) is 12.5 Å². The number of urea groups is 1. The van der Waals surface area contributed by atoms with E-state index in [9.17, 15) is 4.79 Å². The molecule has 1 rings (SSSR count). The molecule has 0 radical (unpaired) electrons. The maximum Gasteiger partial charge on any atom is 0.335 e. The van der Waals surface area contributed by atoms with Gasteiger partial charge in [0.15, 0.2) is 0 Å². The van der Waals surface area contributed by atoms with Crippen molar-refractivity contribution in [3.63, 3.8) is 0 Å². The Morgan fingerprint density at radius 1 is 1.78 bits per heavy atom. The van der Waals surface area contributed by atoms with Crippen LogP contribution in [0.5, 0.6) is 0 Å². The van der Waals surface area contributed by atoms with Gasteiger partial charge in [-0.1, -0.05) is 5.59 Å². The molecule has 1 aliphatic heterocycles. The molecule has 52 valence electrons. The first kappa shape index (κ1) is 8.06. The van der Waals surface area contributed by atoms with E-state index in [0.29, 0.717) is 0 Å². The number of hydrogen-bond donors (Lipinski definition) is 2. The zero-order valence-corrected chi connectivity index (χ0v) is 5.22. The van der Waals surface area contributed by atoms with Crippen LogP contribution in [0.15, 0.2) is 12.5 Å². The normalized spacial score (nSPS) is 14.4. The summed E-state index contributed by atoms with van der Waals surface area (Å²) in [6, 6.07) is -0.598.